The highest BCUT2D eigenvalue weighted by Gasteiger charge is 2.18. The van der Waals surface area contributed by atoms with E-state index in [1.165, 1.54) is 26.4 Å². The third kappa shape index (κ3) is 4.03. The minimum absolute atomic E-state index is 0.255. The molecule has 0 aliphatic heterocycles. The number of hydrogen-bond donors (Lipinski definition) is 1. The molecule has 0 heterocycles. The van der Waals surface area contributed by atoms with Crippen LogP contribution in [0, 0.1) is 0 Å². The Hall–Kier alpha value is -1.95. The fourth-order valence-corrected chi connectivity index (χ4v) is 1.66. The maximum Gasteiger partial charge on any atom is 0.340 e. The zero-order valence-electron chi connectivity index (χ0n) is 12.3. The molecule has 0 fully saturated rings. The Morgan fingerprint density at radius 2 is 1.80 bits per heavy atom. The van der Waals surface area contributed by atoms with Gasteiger partial charge in [-0.15, -0.1) is 0 Å². The molecule has 6 heteroatoms. The highest BCUT2D eigenvalue weighted by atomic mass is 16.5. The Labute approximate surface area is 118 Å². The molecule has 0 bridgehead atoms. The van der Waals surface area contributed by atoms with E-state index in [1.807, 2.05) is 0 Å². The van der Waals surface area contributed by atoms with E-state index < -0.39 is 5.97 Å². The molecule has 20 heavy (non-hydrogen) atoms. The van der Waals surface area contributed by atoms with Gasteiger partial charge in [-0.05, 0) is 6.92 Å². The van der Waals surface area contributed by atoms with Crippen molar-refractivity contribution >= 4 is 11.7 Å². The average Bonchev–Trinajstić information content (AvgIpc) is 2.44. The molecule has 1 aromatic carbocycles. The fraction of sp³-hybridized carbons (Fsp3) is 0.500. The van der Waals surface area contributed by atoms with Gasteiger partial charge in [0.1, 0.15) is 6.10 Å². The minimum Gasteiger partial charge on any atom is -0.493 e. The highest BCUT2D eigenvalue weighted by molar-refractivity contribution is 5.96. The van der Waals surface area contributed by atoms with Crippen molar-refractivity contribution in [2.45, 2.75) is 19.4 Å². The van der Waals surface area contributed by atoms with Crippen LogP contribution in [0.25, 0.3) is 0 Å². The standard InChI is InChI=1S/C14H21NO5/c1-9(5-6-17-2)20-14(16)10-7-12(18-3)13(19-4)8-11(10)15/h7-9H,5-6,15H2,1-4H3. The maximum absolute atomic E-state index is 12.1. The van der Waals surface area contributed by atoms with Crippen molar-refractivity contribution in [3.8, 4) is 11.5 Å². The summed E-state index contributed by atoms with van der Waals surface area (Å²) in [6.07, 6.45) is 0.366. The first-order valence-electron chi connectivity index (χ1n) is 6.24. The summed E-state index contributed by atoms with van der Waals surface area (Å²) in [6.45, 7) is 2.32. The summed E-state index contributed by atoms with van der Waals surface area (Å²) in [5.41, 5.74) is 6.38. The van der Waals surface area contributed by atoms with Crippen molar-refractivity contribution in [1.29, 1.82) is 0 Å². The Morgan fingerprint density at radius 3 is 2.35 bits per heavy atom. The molecule has 0 saturated carbocycles. The molecule has 0 aliphatic carbocycles. The number of nitrogen functional groups attached to an aromatic ring is 1. The first-order valence-corrected chi connectivity index (χ1v) is 6.24. The summed E-state index contributed by atoms with van der Waals surface area (Å²) in [4.78, 5) is 12.1. The van der Waals surface area contributed by atoms with Gasteiger partial charge in [-0.3, -0.25) is 0 Å². The lowest BCUT2D eigenvalue weighted by atomic mass is 10.1. The van der Waals surface area contributed by atoms with Crippen molar-refractivity contribution < 1.29 is 23.7 Å². The van der Waals surface area contributed by atoms with E-state index in [0.717, 1.165) is 0 Å². The number of esters is 1. The van der Waals surface area contributed by atoms with Crippen LogP contribution in [0.5, 0.6) is 11.5 Å². The summed E-state index contributed by atoms with van der Waals surface area (Å²) in [5, 5.41) is 0. The number of anilines is 1. The lowest BCUT2D eigenvalue weighted by Crippen LogP contribution is -2.18. The molecule has 0 saturated heterocycles. The van der Waals surface area contributed by atoms with Gasteiger partial charge in [0.25, 0.3) is 0 Å². The average molecular weight is 283 g/mol. The van der Waals surface area contributed by atoms with E-state index in [1.54, 1.807) is 14.0 Å². The third-order valence-corrected chi connectivity index (χ3v) is 2.81. The fourth-order valence-electron chi connectivity index (χ4n) is 1.66. The summed E-state index contributed by atoms with van der Waals surface area (Å²) in [7, 11) is 4.59. The van der Waals surface area contributed by atoms with Gasteiger partial charge < -0.3 is 24.7 Å². The van der Waals surface area contributed by atoms with E-state index in [9.17, 15) is 4.79 Å². The zero-order valence-corrected chi connectivity index (χ0v) is 12.3. The Balaban J connectivity index is 2.87. The Morgan fingerprint density at radius 1 is 1.20 bits per heavy atom. The van der Waals surface area contributed by atoms with Crippen LogP contribution in [0.2, 0.25) is 0 Å². The largest absolute Gasteiger partial charge is 0.493 e. The van der Waals surface area contributed by atoms with E-state index >= 15 is 0 Å². The van der Waals surface area contributed by atoms with Crippen LogP contribution in [-0.2, 0) is 9.47 Å². The van der Waals surface area contributed by atoms with Crippen LogP contribution in [-0.4, -0.2) is 40.0 Å². The third-order valence-electron chi connectivity index (χ3n) is 2.81. The number of hydrogen-bond acceptors (Lipinski definition) is 6. The van der Waals surface area contributed by atoms with Crippen molar-refractivity contribution in [3.63, 3.8) is 0 Å². The number of rotatable bonds is 7. The number of carbonyl (C=O) groups excluding carboxylic acids is 1. The van der Waals surface area contributed by atoms with Gasteiger partial charge in [0.15, 0.2) is 11.5 Å². The lowest BCUT2D eigenvalue weighted by Gasteiger charge is -2.15. The van der Waals surface area contributed by atoms with Crippen molar-refractivity contribution in [1.82, 2.24) is 0 Å². The number of methoxy groups -OCH3 is 3. The molecule has 1 rings (SSSR count). The molecule has 1 aromatic rings. The minimum atomic E-state index is -0.493. The number of ether oxygens (including phenoxy) is 4. The van der Waals surface area contributed by atoms with Gasteiger partial charge >= 0.3 is 5.97 Å². The SMILES string of the molecule is COCCC(C)OC(=O)c1cc(OC)c(OC)cc1N. The summed E-state index contributed by atoms with van der Waals surface area (Å²) in [6, 6.07) is 3.05. The van der Waals surface area contributed by atoms with E-state index in [4.69, 9.17) is 24.7 Å². The van der Waals surface area contributed by atoms with Gasteiger partial charge in [-0.2, -0.15) is 0 Å². The molecule has 2 N–H and O–H groups in total. The van der Waals surface area contributed by atoms with Gasteiger partial charge in [-0.25, -0.2) is 4.79 Å². The number of benzene rings is 1. The van der Waals surface area contributed by atoms with Crippen molar-refractivity contribution in [2.24, 2.45) is 0 Å². The zero-order chi connectivity index (χ0) is 15.1. The molecule has 1 atom stereocenters. The van der Waals surface area contributed by atoms with Crippen LogP contribution < -0.4 is 15.2 Å². The van der Waals surface area contributed by atoms with E-state index in [0.29, 0.717) is 24.5 Å². The smallest absolute Gasteiger partial charge is 0.340 e. The maximum atomic E-state index is 12.1. The van der Waals surface area contributed by atoms with Crippen LogP contribution in [0.3, 0.4) is 0 Å². The molecule has 112 valence electrons. The van der Waals surface area contributed by atoms with Gasteiger partial charge in [0.05, 0.1) is 25.5 Å². The normalized spacial score (nSPS) is 11.8. The molecule has 6 nitrogen and oxygen atoms in total. The molecule has 0 spiro atoms. The van der Waals surface area contributed by atoms with Gasteiger partial charge in [-0.1, -0.05) is 0 Å². The number of nitrogens with two attached hydrogens (primary N) is 1. The highest BCUT2D eigenvalue weighted by Crippen LogP contribution is 2.32. The molecule has 0 aliphatic rings. The number of carbonyl (C=O) groups is 1. The summed E-state index contributed by atoms with van der Waals surface area (Å²) in [5.74, 6) is 0.402. The summed E-state index contributed by atoms with van der Waals surface area (Å²) < 4.78 is 20.5. The van der Waals surface area contributed by atoms with E-state index in [-0.39, 0.29) is 17.4 Å². The molecule has 0 amide bonds. The van der Waals surface area contributed by atoms with Crippen LogP contribution >= 0.6 is 0 Å². The van der Waals surface area contributed by atoms with Crippen LogP contribution in [0.1, 0.15) is 23.7 Å². The molecular weight excluding hydrogens is 262 g/mol. The molecular formula is C14H21NO5. The van der Waals surface area contributed by atoms with Gasteiger partial charge in [0, 0.05) is 32.3 Å². The van der Waals surface area contributed by atoms with E-state index in [2.05, 4.69) is 0 Å². The van der Waals surface area contributed by atoms with Gasteiger partial charge in [0.2, 0.25) is 0 Å². The quantitative estimate of drug-likeness (QED) is 0.608. The van der Waals surface area contributed by atoms with Crippen molar-refractivity contribution in [3.05, 3.63) is 17.7 Å². The predicted molar refractivity (Wildman–Crippen MR) is 75.3 cm³/mol. The Kier molecular flexibility index (Phi) is 6.11. The second-order valence-electron chi connectivity index (χ2n) is 4.29. The molecule has 0 aromatic heterocycles. The topological polar surface area (TPSA) is 80.0 Å². The first kappa shape index (κ1) is 16.1. The Bertz CT molecular complexity index is 461. The summed E-state index contributed by atoms with van der Waals surface area (Å²) >= 11 is 0. The second kappa shape index (κ2) is 7.59. The second-order valence-corrected chi connectivity index (χ2v) is 4.29. The van der Waals surface area contributed by atoms with Crippen molar-refractivity contribution in [2.75, 3.05) is 33.7 Å². The molecule has 0 radical (unpaired) electrons. The predicted octanol–water partition coefficient (Wildman–Crippen LogP) is 1.87. The van der Waals surface area contributed by atoms with Crippen LogP contribution in [0.4, 0.5) is 5.69 Å². The lowest BCUT2D eigenvalue weighted by molar-refractivity contribution is 0.0267. The van der Waals surface area contributed by atoms with Crippen LogP contribution in [0.15, 0.2) is 12.1 Å². The first-order chi connectivity index (χ1) is 9.53. The molecule has 1 unspecified atom stereocenters. The monoisotopic (exact) mass is 283 g/mol.